The summed E-state index contributed by atoms with van der Waals surface area (Å²) < 4.78 is 0. The van der Waals surface area contributed by atoms with Crippen LogP contribution in [0.4, 0.5) is 28.4 Å². The van der Waals surface area contributed by atoms with E-state index in [1.54, 1.807) is 24.4 Å². The van der Waals surface area contributed by atoms with Gasteiger partial charge < -0.3 is 16.0 Å². The molecule has 0 unspecified atom stereocenters. The van der Waals surface area contributed by atoms with Crippen molar-refractivity contribution in [3.8, 4) is 6.07 Å². The average Bonchev–Trinajstić information content (AvgIpc) is 2.91. The highest BCUT2D eigenvalue weighted by Gasteiger charge is 2.08. The predicted octanol–water partition coefficient (Wildman–Crippen LogP) is 6.85. The fourth-order valence-electron chi connectivity index (χ4n) is 3.71. The normalized spacial score (nSPS) is 10.4. The third kappa shape index (κ3) is 5.10. The van der Waals surface area contributed by atoms with Crippen LogP contribution in [-0.2, 0) is 0 Å². The summed E-state index contributed by atoms with van der Waals surface area (Å²) in [5, 5.41) is 19.7. The van der Waals surface area contributed by atoms with Crippen LogP contribution >= 0.6 is 0 Å². The Morgan fingerprint density at radius 1 is 0.714 bits per heavy atom. The van der Waals surface area contributed by atoms with Crippen molar-refractivity contribution in [1.29, 1.82) is 5.26 Å². The van der Waals surface area contributed by atoms with E-state index in [1.165, 1.54) is 0 Å². The molecule has 0 atom stereocenters. The molecule has 6 nitrogen and oxygen atoms in total. The number of hydrogen-bond donors (Lipinski definition) is 3. The number of hydrogen-bond acceptors (Lipinski definition) is 5. The van der Waals surface area contributed by atoms with Gasteiger partial charge in [-0.05, 0) is 84.9 Å². The van der Waals surface area contributed by atoms with Gasteiger partial charge in [0.25, 0.3) is 5.91 Å². The van der Waals surface area contributed by atoms with Gasteiger partial charge in [0.2, 0.25) is 0 Å². The van der Waals surface area contributed by atoms with Crippen LogP contribution in [0.3, 0.4) is 0 Å². The first-order chi connectivity index (χ1) is 17.2. The van der Waals surface area contributed by atoms with Crippen molar-refractivity contribution in [3.63, 3.8) is 0 Å². The lowest BCUT2D eigenvalue weighted by Crippen LogP contribution is -2.11. The SMILES string of the molecule is N#Cc1ccc2nccc(Nc3ccc(C(=O)Nc4ccc(Nc5ccccc5)cc4)cc3)c2c1. The lowest BCUT2D eigenvalue weighted by molar-refractivity contribution is 0.102. The van der Waals surface area contributed by atoms with E-state index < -0.39 is 0 Å². The van der Waals surface area contributed by atoms with E-state index in [-0.39, 0.29) is 5.91 Å². The second-order valence-electron chi connectivity index (χ2n) is 7.93. The Morgan fingerprint density at radius 3 is 2.11 bits per heavy atom. The first-order valence-electron chi connectivity index (χ1n) is 11.1. The molecular formula is C29H21N5O. The molecule has 3 N–H and O–H groups in total. The largest absolute Gasteiger partial charge is 0.356 e. The molecule has 168 valence electrons. The zero-order valence-corrected chi connectivity index (χ0v) is 18.7. The molecule has 35 heavy (non-hydrogen) atoms. The van der Waals surface area contributed by atoms with E-state index in [9.17, 15) is 10.1 Å². The van der Waals surface area contributed by atoms with E-state index in [4.69, 9.17) is 0 Å². The summed E-state index contributed by atoms with van der Waals surface area (Å²) in [4.78, 5) is 17.1. The number of rotatable bonds is 6. The van der Waals surface area contributed by atoms with Crippen LogP contribution in [0.15, 0.2) is 109 Å². The molecule has 0 saturated heterocycles. The third-order valence-electron chi connectivity index (χ3n) is 5.50. The number of fused-ring (bicyclic) bond motifs is 1. The van der Waals surface area contributed by atoms with Crippen molar-refractivity contribution in [1.82, 2.24) is 4.98 Å². The lowest BCUT2D eigenvalue weighted by Gasteiger charge is -2.11. The zero-order valence-electron chi connectivity index (χ0n) is 18.7. The summed E-state index contributed by atoms with van der Waals surface area (Å²) in [5.74, 6) is -0.187. The number of anilines is 5. The summed E-state index contributed by atoms with van der Waals surface area (Å²) in [5.41, 5.74) is 6.25. The monoisotopic (exact) mass is 455 g/mol. The van der Waals surface area contributed by atoms with Crippen molar-refractivity contribution in [2.24, 2.45) is 0 Å². The van der Waals surface area contributed by atoms with Crippen LogP contribution in [0.25, 0.3) is 10.9 Å². The summed E-state index contributed by atoms with van der Waals surface area (Å²) in [6.45, 7) is 0. The smallest absolute Gasteiger partial charge is 0.255 e. The number of nitrogens with zero attached hydrogens (tertiary/aromatic N) is 2. The fourth-order valence-corrected chi connectivity index (χ4v) is 3.71. The molecule has 0 aliphatic heterocycles. The maximum atomic E-state index is 12.7. The minimum atomic E-state index is -0.187. The summed E-state index contributed by atoms with van der Waals surface area (Å²) in [6, 6.07) is 34.1. The molecule has 1 amide bonds. The third-order valence-corrected chi connectivity index (χ3v) is 5.50. The van der Waals surface area contributed by atoms with Gasteiger partial charge in [0, 0.05) is 45.6 Å². The first kappa shape index (κ1) is 21.7. The molecule has 0 radical (unpaired) electrons. The summed E-state index contributed by atoms with van der Waals surface area (Å²) in [6.07, 6.45) is 1.72. The van der Waals surface area contributed by atoms with E-state index in [2.05, 4.69) is 27.0 Å². The molecule has 0 aliphatic rings. The summed E-state index contributed by atoms with van der Waals surface area (Å²) in [7, 11) is 0. The van der Waals surface area contributed by atoms with E-state index in [0.29, 0.717) is 16.8 Å². The number of benzene rings is 4. The number of nitrogens with one attached hydrogen (secondary N) is 3. The average molecular weight is 456 g/mol. The minimum Gasteiger partial charge on any atom is -0.356 e. The molecule has 0 spiro atoms. The van der Waals surface area contributed by atoms with Crippen molar-refractivity contribution < 1.29 is 4.79 Å². The van der Waals surface area contributed by atoms with E-state index >= 15 is 0 Å². The van der Waals surface area contributed by atoms with Crippen LogP contribution < -0.4 is 16.0 Å². The minimum absolute atomic E-state index is 0.187. The number of pyridine rings is 1. The Bertz CT molecular complexity index is 1520. The Labute approximate surface area is 202 Å². The van der Waals surface area contributed by atoms with Gasteiger partial charge in [-0.3, -0.25) is 9.78 Å². The lowest BCUT2D eigenvalue weighted by atomic mass is 10.1. The molecule has 5 aromatic rings. The van der Waals surface area contributed by atoms with E-state index in [0.717, 1.165) is 33.7 Å². The molecule has 5 rings (SSSR count). The molecule has 1 aromatic heterocycles. The molecule has 0 aliphatic carbocycles. The molecule has 1 heterocycles. The predicted molar refractivity (Wildman–Crippen MR) is 140 cm³/mol. The highest BCUT2D eigenvalue weighted by molar-refractivity contribution is 6.04. The van der Waals surface area contributed by atoms with Gasteiger partial charge in [0.05, 0.1) is 17.1 Å². The van der Waals surface area contributed by atoms with Crippen LogP contribution in [0.2, 0.25) is 0 Å². The van der Waals surface area contributed by atoms with Gasteiger partial charge in [-0.15, -0.1) is 0 Å². The van der Waals surface area contributed by atoms with Crippen molar-refractivity contribution in [2.75, 3.05) is 16.0 Å². The van der Waals surface area contributed by atoms with Gasteiger partial charge >= 0.3 is 0 Å². The van der Waals surface area contributed by atoms with Crippen molar-refractivity contribution in [2.45, 2.75) is 0 Å². The fraction of sp³-hybridized carbons (Fsp3) is 0. The number of carbonyl (C=O) groups is 1. The van der Waals surface area contributed by atoms with Crippen molar-refractivity contribution >= 4 is 45.2 Å². The van der Waals surface area contributed by atoms with Crippen LogP contribution in [0.1, 0.15) is 15.9 Å². The first-order valence-corrected chi connectivity index (χ1v) is 11.1. The quantitative estimate of drug-likeness (QED) is 0.261. The van der Waals surface area contributed by atoms with Gasteiger partial charge in [-0.25, -0.2) is 0 Å². The maximum absolute atomic E-state index is 12.7. The number of para-hydroxylation sites is 1. The Balaban J connectivity index is 1.25. The Kier molecular flexibility index (Phi) is 6.05. The van der Waals surface area contributed by atoms with Gasteiger partial charge in [0.15, 0.2) is 0 Å². The number of aromatic nitrogens is 1. The van der Waals surface area contributed by atoms with Crippen molar-refractivity contribution in [3.05, 3.63) is 120 Å². The molecule has 6 heteroatoms. The number of nitriles is 1. The second kappa shape index (κ2) is 9.77. The molecule has 0 fully saturated rings. The number of amides is 1. The molecule has 4 aromatic carbocycles. The summed E-state index contributed by atoms with van der Waals surface area (Å²) >= 11 is 0. The molecule has 0 saturated carbocycles. The zero-order chi connectivity index (χ0) is 24.0. The molecular weight excluding hydrogens is 434 g/mol. The Hall–Kier alpha value is -5.15. The standard InChI is InChI=1S/C29H21N5O/c30-19-20-6-15-27-26(18-20)28(16-17-31-27)33-24-9-7-21(8-10-24)29(35)34-25-13-11-23(12-14-25)32-22-4-2-1-3-5-22/h1-18,32H,(H,31,33)(H,34,35). The topological polar surface area (TPSA) is 89.8 Å². The van der Waals surface area contributed by atoms with Crippen LogP contribution in [-0.4, -0.2) is 10.9 Å². The van der Waals surface area contributed by atoms with Gasteiger partial charge in [-0.1, -0.05) is 18.2 Å². The maximum Gasteiger partial charge on any atom is 0.255 e. The van der Waals surface area contributed by atoms with Crippen LogP contribution in [0.5, 0.6) is 0 Å². The highest BCUT2D eigenvalue weighted by Crippen LogP contribution is 2.26. The van der Waals surface area contributed by atoms with Gasteiger partial charge in [0.1, 0.15) is 0 Å². The van der Waals surface area contributed by atoms with Crippen LogP contribution in [0, 0.1) is 11.3 Å². The van der Waals surface area contributed by atoms with E-state index in [1.807, 2.05) is 84.9 Å². The number of carbonyl (C=O) groups excluding carboxylic acids is 1. The highest BCUT2D eigenvalue weighted by atomic mass is 16.1. The molecule has 0 bridgehead atoms. The Morgan fingerprint density at radius 2 is 1.37 bits per heavy atom. The second-order valence-corrected chi connectivity index (χ2v) is 7.93. The van der Waals surface area contributed by atoms with Gasteiger partial charge in [-0.2, -0.15) is 5.26 Å².